The van der Waals surface area contributed by atoms with Crippen molar-refractivity contribution in [2.24, 2.45) is 0 Å². The molecule has 1 aromatic heterocycles. The fourth-order valence-electron chi connectivity index (χ4n) is 1.85. The number of aromatic amines is 1. The van der Waals surface area contributed by atoms with E-state index in [1.54, 1.807) is 12.4 Å². The number of ether oxygens (including phenoxy) is 1. The van der Waals surface area contributed by atoms with E-state index in [1.165, 1.54) is 0 Å². The first kappa shape index (κ1) is 14.1. The summed E-state index contributed by atoms with van der Waals surface area (Å²) in [4.78, 5) is 19.1. The van der Waals surface area contributed by atoms with Crippen LogP contribution in [0.2, 0.25) is 0 Å². The van der Waals surface area contributed by atoms with Gasteiger partial charge in [-0.05, 0) is 31.0 Å². The average molecular weight is 273 g/mol. The molecule has 20 heavy (non-hydrogen) atoms. The highest BCUT2D eigenvalue weighted by molar-refractivity contribution is 5.80. The molecule has 0 radical (unpaired) electrons. The van der Waals surface area contributed by atoms with Crippen molar-refractivity contribution in [2.75, 3.05) is 0 Å². The van der Waals surface area contributed by atoms with E-state index < -0.39 is 6.10 Å². The summed E-state index contributed by atoms with van der Waals surface area (Å²) in [5, 5.41) is 2.81. The number of aromatic nitrogens is 2. The van der Waals surface area contributed by atoms with Gasteiger partial charge < -0.3 is 15.0 Å². The normalized spacial score (nSPS) is 11.9. The van der Waals surface area contributed by atoms with Crippen LogP contribution >= 0.6 is 0 Å². The number of hydrogen-bond acceptors (Lipinski definition) is 3. The Morgan fingerprint density at radius 2 is 2.35 bits per heavy atom. The van der Waals surface area contributed by atoms with Gasteiger partial charge in [0, 0.05) is 12.4 Å². The molecule has 2 rings (SSSR count). The first-order valence-electron chi connectivity index (χ1n) is 6.68. The van der Waals surface area contributed by atoms with Crippen LogP contribution < -0.4 is 10.1 Å². The van der Waals surface area contributed by atoms with Crippen LogP contribution in [0.15, 0.2) is 36.7 Å². The monoisotopic (exact) mass is 273 g/mol. The fourth-order valence-corrected chi connectivity index (χ4v) is 1.85. The number of amides is 1. The van der Waals surface area contributed by atoms with E-state index in [1.807, 2.05) is 38.1 Å². The number of imidazole rings is 1. The largest absolute Gasteiger partial charge is 0.481 e. The summed E-state index contributed by atoms with van der Waals surface area (Å²) < 4.78 is 5.73. The van der Waals surface area contributed by atoms with Gasteiger partial charge in [0.2, 0.25) is 0 Å². The predicted molar refractivity (Wildman–Crippen MR) is 76.3 cm³/mol. The summed E-state index contributed by atoms with van der Waals surface area (Å²) >= 11 is 0. The van der Waals surface area contributed by atoms with Crippen LogP contribution in [-0.4, -0.2) is 22.0 Å². The molecule has 2 aromatic rings. The number of rotatable bonds is 6. The van der Waals surface area contributed by atoms with Crippen molar-refractivity contribution in [1.82, 2.24) is 15.3 Å². The van der Waals surface area contributed by atoms with Gasteiger partial charge in [-0.15, -0.1) is 0 Å². The molecule has 0 unspecified atom stereocenters. The molecule has 0 bridgehead atoms. The average Bonchev–Trinajstić information content (AvgIpc) is 2.95. The van der Waals surface area contributed by atoms with Gasteiger partial charge in [0.25, 0.3) is 5.91 Å². The quantitative estimate of drug-likeness (QED) is 0.847. The molecule has 0 saturated heterocycles. The lowest BCUT2D eigenvalue weighted by Gasteiger charge is -2.17. The minimum atomic E-state index is -0.494. The highest BCUT2D eigenvalue weighted by Gasteiger charge is 2.18. The zero-order valence-corrected chi connectivity index (χ0v) is 11.7. The van der Waals surface area contributed by atoms with Crippen molar-refractivity contribution < 1.29 is 9.53 Å². The SMILES string of the molecule is CC[C@H](Oc1cccc(C)c1)C(=O)NCc1ncc[nH]1. The Labute approximate surface area is 118 Å². The maximum absolute atomic E-state index is 12.1. The number of hydrogen-bond donors (Lipinski definition) is 2. The van der Waals surface area contributed by atoms with Gasteiger partial charge in [0.15, 0.2) is 6.10 Å². The lowest BCUT2D eigenvalue weighted by atomic mass is 10.2. The number of nitrogens with one attached hydrogen (secondary N) is 2. The van der Waals surface area contributed by atoms with Crippen molar-refractivity contribution in [3.05, 3.63) is 48.0 Å². The molecule has 1 heterocycles. The Balaban J connectivity index is 1.92. The lowest BCUT2D eigenvalue weighted by molar-refractivity contribution is -0.128. The van der Waals surface area contributed by atoms with Crippen LogP contribution in [-0.2, 0) is 11.3 Å². The third-order valence-corrected chi connectivity index (χ3v) is 2.92. The van der Waals surface area contributed by atoms with E-state index in [0.29, 0.717) is 18.7 Å². The maximum atomic E-state index is 12.1. The highest BCUT2D eigenvalue weighted by Crippen LogP contribution is 2.15. The molecule has 0 aliphatic rings. The molecular formula is C15H19N3O2. The Bertz CT molecular complexity index is 552. The number of aryl methyl sites for hydroxylation is 1. The van der Waals surface area contributed by atoms with Gasteiger partial charge in [-0.3, -0.25) is 4.79 Å². The fraction of sp³-hybridized carbons (Fsp3) is 0.333. The number of carbonyl (C=O) groups excluding carboxylic acids is 1. The maximum Gasteiger partial charge on any atom is 0.261 e. The molecule has 106 valence electrons. The summed E-state index contributed by atoms with van der Waals surface area (Å²) in [6.45, 7) is 4.29. The van der Waals surface area contributed by atoms with Crippen LogP contribution in [0, 0.1) is 6.92 Å². The zero-order valence-electron chi connectivity index (χ0n) is 11.7. The predicted octanol–water partition coefficient (Wildman–Crippen LogP) is 2.19. The second-order valence-corrected chi connectivity index (χ2v) is 4.58. The summed E-state index contributed by atoms with van der Waals surface area (Å²) in [5.41, 5.74) is 1.10. The second kappa shape index (κ2) is 6.75. The Kier molecular flexibility index (Phi) is 4.76. The van der Waals surface area contributed by atoms with E-state index in [9.17, 15) is 4.79 Å². The van der Waals surface area contributed by atoms with E-state index in [-0.39, 0.29) is 5.91 Å². The van der Waals surface area contributed by atoms with E-state index >= 15 is 0 Å². The summed E-state index contributed by atoms with van der Waals surface area (Å²) in [7, 11) is 0. The molecule has 2 N–H and O–H groups in total. The van der Waals surface area contributed by atoms with Gasteiger partial charge >= 0.3 is 0 Å². The second-order valence-electron chi connectivity index (χ2n) is 4.58. The number of H-pyrrole nitrogens is 1. The van der Waals surface area contributed by atoms with Crippen molar-refractivity contribution in [3.63, 3.8) is 0 Å². The van der Waals surface area contributed by atoms with E-state index in [4.69, 9.17) is 4.74 Å². The molecule has 0 saturated carbocycles. The first-order valence-corrected chi connectivity index (χ1v) is 6.68. The Hall–Kier alpha value is -2.30. The summed E-state index contributed by atoms with van der Waals surface area (Å²) in [5.74, 6) is 1.30. The van der Waals surface area contributed by atoms with Crippen LogP contribution in [0.4, 0.5) is 0 Å². The minimum Gasteiger partial charge on any atom is -0.481 e. The lowest BCUT2D eigenvalue weighted by Crippen LogP contribution is -2.37. The van der Waals surface area contributed by atoms with Crippen molar-refractivity contribution in [3.8, 4) is 5.75 Å². The molecule has 1 atom stereocenters. The molecule has 0 spiro atoms. The standard InChI is InChI=1S/C15H19N3O2/c1-3-13(20-12-6-4-5-11(2)9-12)15(19)18-10-14-16-7-8-17-14/h4-9,13H,3,10H2,1-2H3,(H,16,17)(H,18,19)/t13-/m0/s1. The molecule has 5 heteroatoms. The van der Waals surface area contributed by atoms with E-state index in [2.05, 4.69) is 15.3 Å². The molecule has 0 aliphatic carbocycles. The number of carbonyl (C=O) groups is 1. The molecule has 0 aliphatic heterocycles. The van der Waals surface area contributed by atoms with Gasteiger partial charge in [-0.1, -0.05) is 19.1 Å². The third kappa shape index (κ3) is 3.85. The van der Waals surface area contributed by atoms with Crippen molar-refractivity contribution >= 4 is 5.91 Å². The van der Waals surface area contributed by atoms with E-state index in [0.717, 1.165) is 11.4 Å². The van der Waals surface area contributed by atoms with Gasteiger partial charge in [0.05, 0.1) is 6.54 Å². The third-order valence-electron chi connectivity index (χ3n) is 2.92. The molecule has 0 fully saturated rings. The highest BCUT2D eigenvalue weighted by atomic mass is 16.5. The zero-order chi connectivity index (χ0) is 14.4. The van der Waals surface area contributed by atoms with Crippen LogP contribution in [0.25, 0.3) is 0 Å². The minimum absolute atomic E-state index is 0.134. The van der Waals surface area contributed by atoms with Crippen molar-refractivity contribution in [1.29, 1.82) is 0 Å². The van der Waals surface area contributed by atoms with Gasteiger partial charge in [-0.25, -0.2) is 4.98 Å². The van der Waals surface area contributed by atoms with Crippen LogP contribution in [0.5, 0.6) is 5.75 Å². The van der Waals surface area contributed by atoms with Gasteiger partial charge in [0.1, 0.15) is 11.6 Å². The van der Waals surface area contributed by atoms with Gasteiger partial charge in [-0.2, -0.15) is 0 Å². The van der Waals surface area contributed by atoms with Crippen LogP contribution in [0.3, 0.4) is 0 Å². The van der Waals surface area contributed by atoms with Crippen molar-refractivity contribution in [2.45, 2.75) is 32.9 Å². The smallest absolute Gasteiger partial charge is 0.261 e. The van der Waals surface area contributed by atoms with Crippen LogP contribution in [0.1, 0.15) is 24.7 Å². The number of benzene rings is 1. The first-order chi connectivity index (χ1) is 9.69. The number of nitrogens with zero attached hydrogens (tertiary/aromatic N) is 1. The Morgan fingerprint density at radius 1 is 1.50 bits per heavy atom. The topological polar surface area (TPSA) is 67.0 Å². The Morgan fingerprint density at radius 3 is 3.00 bits per heavy atom. The molecule has 5 nitrogen and oxygen atoms in total. The molecule has 1 amide bonds. The molecule has 1 aromatic carbocycles. The molecular weight excluding hydrogens is 254 g/mol. The summed E-state index contributed by atoms with van der Waals surface area (Å²) in [6, 6.07) is 7.68. The summed E-state index contributed by atoms with van der Waals surface area (Å²) in [6.07, 6.45) is 3.49.